The Morgan fingerprint density at radius 1 is 0.933 bits per heavy atom. The number of ether oxygens (including phenoxy) is 1. The van der Waals surface area contributed by atoms with E-state index in [0.717, 1.165) is 12.1 Å². The Morgan fingerprint density at radius 2 is 1.40 bits per heavy atom. The molecular weight excluding hydrogens is 404 g/mol. The Hall–Kier alpha value is -3.90. The maximum absolute atomic E-state index is 12.0. The lowest BCUT2D eigenvalue weighted by Crippen LogP contribution is -2.56. The summed E-state index contributed by atoms with van der Waals surface area (Å²) in [4.78, 5) is 44.3. The molecule has 0 aliphatic rings. The molecule has 2 aromatic rings. The zero-order chi connectivity index (χ0) is 22.5. The molecule has 0 amide bonds. The normalized spacial score (nSPS) is 13.8. The summed E-state index contributed by atoms with van der Waals surface area (Å²) in [6.45, 7) is -0.742. The van der Waals surface area contributed by atoms with Gasteiger partial charge in [0.2, 0.25) is 5.60 Å². The highest BCUT2D eigenvalue weighted by atomic mass is 16.6. The second kappa shape index (κ2) is 9.07. The van der Waals surface area contributed by atoms with Gasteiger partial charge in [0.25, 0.3) is 11.4 Å². The number of nitro benzene ring substituents is 2. The molecule has 0 spiro atoms. The monoisotopic (exact) mass is 420 g/mol. The van der Waals surface area contributed by atoms with Crippen molar-refractivity contribution in [1.82, 2.24) is 0 Å². The number of hydrogen-bond donors (Lipinski definition) is 3. The smallest absolute Gasteiger partial charge is 0.339 e. The van der Waals surface area contributed by atoms with E-state index in [-0.39, 0.29) is 11.1 Å². The van der Waals surface area contributed by atoms with Crippen molar-refractivity contribution in [2.45, 2.75) is 24.7 Å². The Balaban J connectivity index is 2.52. The van der Waals surface area contributed by atoms with Crippen molar-refractivity contribution in [2.24, 2.45) is 0 Å². The molecule has 2 unspecified atom stereocenters. The van der Waals surface area contributed by atoms with Crippen LogP contribution in [0.4, 0.5) is 11.4 Å². The van der Waals surface area contributed by atoms with E-state index in [4.69, 9.17) is 4.74 Å². The van der Waals surface area contributed by atoms with Crippen molar-refractivity contribution in [3.05, 3.63) is 79.9 Å². The first kappa shape index (κ1) is 22.4. The molecule has 2 aromatic carbocycles. The zero-order valence-corrected chi connectivity index (χ0v) is 15.2. The number of benzene rings is 2. The predicted molar refractivity (Wildman–Crippen MR) is 98.7 cm³/mol. The van der Waals surface area contributed by atoms with Crippen LogP contribution in [0.2, 0.25) is 0 Å². The highest BCUT2D eigenvalue weighted by Gasteiger charge is 2.52. The minimum Gasteiger partial charge on any atom is -0.479 e. The van der Waals surface area contributed by atoms with Crippen molar-refractivity contribution >= 4 is 23.3 Å². The number of nitro groups is 2. The summed E-state index contributed by atoms with van der Waals surface area (Å²) in [5.41, 5.74) is -4.05. The molecule has 158 valence electrons. The molecular formula is C18H16N2O10. The number of rotatable bonds is 10. The number of aliphatic carboxylic acids is 2. The van der Waals surface area contributed by atoms with Crippen LogP contribution in [0.5, 0.6) is 0 Å². The largest absolute Gasteiger partial charge is 0.479 e. The number of para-hydroxylation sites is 2. The molecule has 30 heavy (non-hydrogen) atoms. The van der Waals surface area contributed by atoms with E-state index in [2.05, 4.69) is 0 Å². The molecule has 0 aliphatic carbocycles. The van der Waals surface area contributed by atoms with Gasteiger partial charge in [-0.1, -0.05) is 30.3 Å². The number of carbonyl (C=O) groups is 2. The number of aliphatic hydroxyl groups is 1. The van der Waals surface area contributed by atoms with Crippen LogP contribution in [0.25, 0.3) is 0 Å². The molecule has 0 saturated heterocycles. The van der Waals surface area contributed by atoms with E-state index in [1.807, 2.05) is 0 Å². The van der Waals surface area contributed by atoms with Gasteiger partial charge in [-0.05, 0) is 6.07 Å². The van der Waals surface area contributed by atoms with Crippen LogP contribution in [0, 0.1) is 20.2 Å². The molecule has 3 N–H and O–H groups in total. The minimum absolute atomic E-state index is 0.0757. The predicted octanol–water partition coefficient (Wildman–Crippen LogP) is 1.53. The maximum Gasteiger partial charge on any atom is 0.339 e. The average molecular weight is 420 g/mol. The van der Waals surface area contributed by atoms with E-state index >= 15 is 0 Å². The average Bonchev–Trinajstić information content (AvgIpc) is 2.70. The van der Waals surface area contributed by atoms with E-state index in [0.29, 0.717) is 0 Å². The third-order valence-corrected chi connectivity index (χ3v) is 4.35. The minimum atomic E-state index is -2.86. The van der Waals surface area contributed by atoms with Crippen LogP contribution in [-0.2, 0) is 27.4 Å². The molecule has 12 heteroatoms. The number of nitrogens with zero attached hydrogens (tertiary/aromatic N) is 2. The van der Waals surface area contributed by atoms with Crippen LogP contribution in [0.1, 0.15) is 11.1 Å². The molecule has 0 aliphatic heterocycles. The van der Waals surface area contributed by atoms with Gasteiger partial charge in [0.05, 0.1) is 22.0 Å². The summed E-state index contributed by atoms with van der Waals surface area (Å²) >= 11 is 0. The zero-order valence-electron chi connectivity index (χ0n) is 15.2. The van der Waals surface area contributed by atoms with Crippen LogP contribution in [-0.4, -0.2) is 48.8 Å². The molecule has 0 aromatic heterocycles. The second-order valence-electron chi connectivity index (χ2n) is 6.17. The van der Waals surface area contributed by atoms with Crippen LogP contribution in [0.15, 0.2) is 48.5 Å². The van der Waals surface area contributed by atoms with E-state index < -0.39 is 57.9 Å². The first-order valence-corrected chi connectivity index (χ1v) is 8.33. The third kappa shape index (κ3) is 4.56. The van der Waals surface area contributed by atoms with E-state index in [1.54, 1.807) is 0 Å². The van der Waals surface area contributed by atoms with Gasteiger partial charge < -0.3 is 20.1 Å². The van der Waals surface area contributed by atoms with Gasteiger partial charge in [-0.15, -0.1) is 0 Å². The lowest BCUT2D eigenvalue weighted by atomic mass is 9.87. The molecule has 2 atom stereocenters. The van der Waals surface area contributed by atoms with Crippen LogP contribution < -0.4 is 0 Å². The van der Waals surface area contributed by atoms with Crippen molar-refractivity contribution in [2.75, 3.05) is 0 Å². The molecule has 0 radical (unpaired) electrons. The molecule has 0 heterocycles. The summed E-state index contributed by atoms with van der Waals surface area (Å²) in [5.74, 6) is -3.85. The quantitative estimate of drug-likeness (QED) is 0.375. The fourth-order valence-corrected chi connectivity index (χ4v) is 2.82. The Kier molecular flexibility index (Phi) is 6.77. The lowest BCUT2D eigenvalue weighted by Gasteiger charge is -2.32. The first-order valence-electron chi connectivity index (χ1n) is 8.33. The standard InChI is InChI=1S/C18H16N2O10/c21-15(16(22)23)18(17(24)25,9-11-5-1-3-7-13(11)19(26)27)30-10-12-6-2-4-8-14(12)20(28)29/h1-8,15,21H,9-10H2,(H,22,23)(H,24,25). The van der Waals surface area contributed by atoms with Crippen molar-refractivity contribution in [1.29, 1.82) is 0 Å². The molecule has 0 saturated carbocycles. The van der Waals surface area contributed by atoms with Gasteiger partial charge >= 0.3 is 11.9 Å². The fraction of sp³-hybridized carbons (Fsp3) is 0.222. The van der Waals surface area contributed by atoms with E-state index in [1.165, 1.54) is 36.4 Å². The molecule has 2 rings (SSSR count). The van der Waals surface area contributed by atoms with Crippen LogP contribution >= 0.6 is 0 Å². The Labute approximate surface area is 168 Å². The van der Waals surface area contributed by atoms with E-state index in [9.17, 15) is 45.1 Å². The van der Waals surface area contributed by atoms with Gasteiger partial charge in [-0.2, -0.15) is 0 Å². The second-order valence-corrected chi connectivity index (χ2v) is 6.17. The number of hydrogen-bond acceptors (Lipinski definition) is 8. The Bertz CT molecular complexity index is 992. The third-order valence-electron chi connectivity index (χ3n) is 4.35. The van der Waals surface area contributed by atoms with Gasteiger partial charge in [0.1, 0.15) is 0 Å². The van der Waals surface area contributed by atoms with Crippen molar-refractivity contribution < 1.29 is 39.5 Å². The number of carboxylic acids is 2. The maximum atomic E-state index is 12.0. The lowest BCUT2D eigenvalue weighted by molar-refractivity contribution is -0.386. The fourth-order valence-electron chi connectivity index (χ4n) is 2.82. The summed E-state index contributed by atoms with van der Waals surface area (Å²) in [5, 5.41) is 51.5. The number of aliphatic hydroxyl groups excluding tert-OH is 1. The summed E-state index contributed by atoms with van der Waals surface area (Å²) < 4.78 is 5.27. The SMILES string of the molecule is O=C(O)C(O)C(Cc1ccccc1[N+](=O)[O-])(OCc1ccccc1[N+](=O)[O-])C(=O)O. The highest BCUT2D eigenvalue weighted by Crippen LogP contribution is 2.31. The summed E-state index contributed by atoms with van der Waals surface area (Å²) in [6.07, 6.45) is -3.51. The summed E-state index contributed by atoms with van der Waals surface area (Å²) in [6, 6.07) is 10.2. The number of carboxylic acid groups (broad SMARTS) is 2. The summed E-state index contributed by atoms with van der Waals surface area (Å²) in [7, 11) is 0. The first-order chi connectivity index (χ1) is 14.1. The van der Waals surface area contributed by atoms with Gasteiger partial charge in [-0.25, -0.2) is 9.59 Å². The van der Waals surface area contributed by atoms with Gasteiger partial charge in [-0.3, -0.25) is 20.2 Å². The van der Waals surface area contributed by atoms with Gasteiger partial charge in [0.15, 0.2) is 6.10 Å². The van der Waals surface area contributed by atoms with Crippen LogP contribution in [0.3, 0.4) is 0 Å². The van der Waals surface area contributed by atoms with Gasteiger partial charge in [0, 0.05) is 24.1 Å². The molecule has 0 fully saturated rings. The highest BCUT2D eigenvalue weighted by molar-refractivity contribution is 5.88. The topological polar surface area (TPSA) is 190 Å². The Morgan fingerprint density at radius 3 is 1.87 bits per heavy atom. The molecule has 12 nitrogen and oxygen atoms in total. The van der Waals surface area contributed by atoms with Crippen molar-refractivity contribution in [3.63, 3.8) is 0 Å². The van der Waals surface area contributed by atoms with Crippen molar-refractivity contribution in [3.8, 4) is 0 Å². The molecule has 0 bridgehead atoms.